The van der Waals surface area contributed by atoms with E-state index in [1.54, 1.807) is 26.0 Å². The first kappa shape index (κ1) is 23.9. The molecule has 1 aromatic carbocycles. The van der Waals surface area contributed by atoms with Crippen molar-refractivity contribution >= 4 is 35.2 Å². The molecule has 34 heavy (non-hydrogen) atoms. The van der Waals surface area contributed by atoms with Gasteiger partial charge >= 0.3 is 5.97 Å². The van der Waals surface area contributed by atoms with Crippen LogP contribution in [0.15, 0.2) is 29.2 Å². The normalized spacial score (nSPS) is 33.9. The molecule has 1 aromatic rings. The molecule has 4 bridgehead atoms. The number of carbonyl (C=O) groups excluding carboxylic acids is 2. The number of methoxy groups -OCH3 is 1. The standard InChI is InChI=1S/C25H35BN2O5S/c1-33-23(30)24-13-16-11-17(14-24)21(18(12-16)15-24)27-22(29)25(9-5-2-6-10-25)28-34(31,32)20-8-4-3-7-19(20)26/h3-4,7-8,16-18,21,28H,2,5-6,9-15,26H2,1H3,(H,27,29). The van der Waals surface area contributed by atoms with Crippen LogP contribution in [0.2, 0.25) is 0 Å². The Morgan fingerprint density at radius 2 is 1.68 bits per heavy atom. The Balaban J connectivity index is 1.38. The second kappa shape index (κ2) is 8.66. The number of amides is 1. The Morgan fingerprint density at radius 3 is 2.29 bits per heavy atom. The maximum atomic E-state index is 13.8. The molecular formula is C25H35BN2O5S. The first-order chi connectivity index (χ1) is 16.2. The Labute approximate surface area is 203 Å². The minimum absolute atomic E-state index is 0.0106. The van der Waals surface area contributed by atoms with E-state index in [0.29, 0.717) is 24.2 Å². The molecule has 1 amide bonds. The van der Waals surface area contributed by atoms with Crippen molar-refractivity contribution < 1.29 is 22.7 Å². The molecule has 2 unspecified atom stereocenters. The number of sulfonamides is 1. The van der Waals surface area contributed by atoms with Crippen molar-refractivity contribution in [3.8, 4) is 0 Å². The zero-order valence-corrected chi connectivity index (χ0v) is 21.0. The highest BCUT2D eigenvalue weighted by atomic mass is 32.2. The number of esters is 1. The molecule has 184 valence electrons. The summed E-state index contributed by atoms with van der Waals surface area (Å²) in [5.41, 5.74) is -0.870. The van der Waals surface area contributed by atoms with E-state index in [-0.39, 0.29) is 34.6 Å². The van der Waals surface area contributed by atoms with E-state index in [2.05, 4.69) is 10.0 Å². The SMILES string of the molecule is Bc1ccccc1S(=O)(=O)NC1(C(=O)NC2C3CC4CC2CC(C(=O)OC)(C4)C3)CCCCC1. The smallest absolute Gasteiger partial charge is 0.311 e. The zero-order chi connectivity index (χ0) is 24.1. The lowest BCUT2D eigenvalue weighted by Crippen LogP contribution is -2.66. The van der Waals surface area contributed by atoms with Crippen LogP contribution in [0.3, 0.4) is 0 Å². The minimum Gasteiger partial charge on any atom is -0.469 e. The minimum atomic E-state index is -3.85. The van der Waals surface area contributed by atoms with Crippen molar-refractivity contribution in [2.45, 2.75) is 80.7 Å². The number of nitrogens with one attached hydrogen (secondary N) is 2. The molecule has 2 N–H and O–H groups in total. The average molecular weight is 486 g/mol. The van der Waals surface area contributed by atoms with Crippen LogP contribution in [0.1, 0.15) is 64.2 Å². The predicted molar refractivity (Wildman–Crippen MR) is 131 cm³/mol. The fourth-order valence-corrected chi connectivity index (χ4v) is 9.39. The molecule has 5 saturated carbocycles. The molecule has 0 saturated heterocycles. The highest BCUT2D eigenvalue weighted by molar-refractivity contribution is 7.89. The van der Waals surface area contributed by atoms with Gasteiger partial charge in [0.15, 0.2) is 0 Å². The first-order valence-corrected chi connectivity index (χ1v) is 14.2. The van der Waals surface area contributed by atoms with Gasteiger partial charge in [-0.1, -0.05) is 42.9 Å². The van der Waals surface area contributed by atoms with Gasteiger partial charge in [-0.3, -0.25) is 9.59 Å². The lowest BCUT2D eigenvalue weighted by atomic mass is 9.48. The lowest BCUT2D eigenvalue weighted by molar-refractivity contribution is -0.171. The molecule has 9 heteroatoms. The average Bonchev–Trinajstić information content (AvgIpc) is 2.80. The van der Waals surface area contributed by atoms with Crippen LogP contribution in [0.5, 0.6) is 0 Å². The van der Waals surface area contributed by atoms with Gasteiger partial charge < -0.3 is 10.1 Å². The van der Waals surface area contributed by atoms with Crippen LogP contribution in [0.4, 0.5) is 0 Å². The maximum absolute atomic E-state index is 13.8. The second-order valence-corrected chi connectivity index (χ2v) is 12.9. The van der Waals surface area contributed by atoms with Gasteiger partial charge in [-0.15, -0.1) is 0 Å². The maximum Gasteiger partial charge on any atom is 0.311 e. The van der Waals surface area contributed by atoms with Crippen LogP contribution in [0.25, 0.3) is 0 Å². The number of benzene rings is 1. The molecule has 0 aromatic heterocycles. The van der Waals surface area contributed by atoms with Crippen LogP contribution in [-0.2, 0) is 24.3 Å². The molecule has 0 spiro atoms. The number of ether oxygens (including phenoxy) is 1. The number of hydrogen-bond acceptors (Lipinski definition) is 5. The van der Waals surface area contributed by atoms with E-state index in [1.807, 2.05) is 6.07 Å². The summed E-state index contributed by atoms with van der Waals surface area (Å²) < 4.78 is 34.8. The topological polar surface area (TPSA) is 102 Å². The molecule has 5 aliphatic carbocycles. The van der Waals surface area contributed by atoms with Crippen LogP contribution in [0, 0.1) is 23.2 Å². The van der Waals surface area contributed by atoms with Gasteiger partial charge in [0.05, 0.1) is 17.4 Å². The fraction of sp³-hybridized carbons (Fsp3) is 0.680. The molecule has 5 aliphatic rings. The molecule has 0 aliphatic heterocycles. The summed E-state index contributed by atoms with van der Waals surface area (Å²) in [4.78, 5) is 26.7. The van der Waals surface area contributed by atoms with Crippen molar-refractivity contribution in [2.75, 3.05) is 7.11 Å². The largest absolute Gasteiger partial charge is 0.469 e. The molecule has 7 nitrogen and oxygen atoms in total. The third-order valence-corrected chi connectivity index (χ3v) is 10.7. The summed E-state index contributed by atoms with van der Waals surface area (Å²) in [6.07, 6.45) is 8.06. The highest BCUT2D eigenvalue weighted by Gasteiger charge is 2.60. The quantitative estimate of drug-likeness (QED) is 0.468. The van der Waals surface area contributed by atoms with E-state index in [9.17, 15) is 18.0 Å². The van der Waals surface area contributed by atoms with Crippen molar-refractivity contribution in [3.63, 3.8) is 0 Å². The van der Waals surface area contributed by atoms with Gasteiger partial charge in [0.2, 0.25) is 15.9 Å². The monoisotopic (exact) mass is 486 g/mol. The first-order valence-electron chi connectivity index (χ1n) is 12.7. The second-order valence-electron chi connectivity index (χ2n) is 11.3. The summed E-state index contributed by atoms with van der Waals surface area (Å²) in [5, 5.41) is 3.32. The summed E-state index contributed by atoms with van der Waals surface area (Å²) in [6, 6.07) is 6.87. The van der Waals surface area contributed by atoms with E-state index in [4.69, 9.17) is 4.74 Å². The van der Waals surface area contributed by atoms with Gasteiger partial charge in [0.1, 0.15) is 13.4 Å². The van der Waals surface area contributed by atoms with Crippen molar-refractivity contribution in [2.24, 2.45) is 23.2 Å². The fourth-order valence-electron chi connectivity index (χ4n) is 7.72. The number of hydrogen-bond donors (Lipinski definition) is 2. The predicted octanol–water partition coefficient (Wildman–Crippen LogP) is 1.41. The van der Waals surface area contributed by atoms with Gasteiger partial charge in [-0.25, -0.2) is 8.42 Å². The molecular weight excluding hydrogens is 451 g/mol. The number of rotatable bonds is 6. The van der Waals surface area contributed by atoms with Crippen LogP contribution in [-0.4, -0.2) is 46.8 Å². The lowest BCUT2D eigenvalue weighted by Gasteiger charge is -2.59. The Kier molecular flexibility index (Phi) is 6.08. The summed E-state index contributed by atoms with van der Waals surface area (Å²) in [7, 11) is -0.614. The van der Waals surface area contributed by atoms with E-state index < -0.39 is 21.0 Å². The van der Waals surface area contributed by atoms with Crippen molar-refractivity contribution in [3.05, 3.63) is 24.3 Å². The van der Waals surface area contributed by atoms with Gasteiger partial charge in [-0.2, -0.15) is 4.72 Å². The Morgan fingerprint density at radius 1 is 1.03 bits per heavy atom. The number of carbonyl (C=O) groups is 2. The molecule has 0 heterocycles. The summed E-state index contributed by atoms with van der Waals surface area (Å²) in [5.74, 6) is 0.680. The summed E-state index contributed by atoms with van der Waals surface area (Å²) in [6.45, 7) is 0. The summed E-state index contributed by atoms with van der Waals surface area (Å²) >= 11 is 0. The van der Waals surface area contributed by atoms with E-state index in [0.717, 1.165) is 51.4 Å². The Bertz CT molecular complexity index is 1070. The third kappa shape index (κ3) is 3.98. The van der Waals surface area contributed by atoms with Crippen LogP contribution < -0.4 is 15.5 Å². The van der Waals surface area contributed by atoms with Gasteiger partial charge in [-0.05, 0) is 68.8 Å². The zero-order valence-electron chi connectivity index (χ0n) is 20.1. The molecule has 2 atom stereocenters. The van der Waals surface area contributed by atoms with Crippen molar-refractivity contribution in [1.82, 2.24) is 10.0 Å². The van der Waals surface area contributed by atoms with E-state index >= 15 is 0 Å². The van der Waals surface area contributed by atoms with E-state index in [1.165, 1.54) is 7.11 Å². The Hall–Kier alpha value is -1.87. The van der Waals surface area contributed by atoms with Gasteiger partial charge in [0.25, 0.3) is 0 Å². The van der Waals surface area contributed by atoms with Crippen molar-refractivity contribution in [1.29, 1.82) is 0 Å². The molecule has 5 fully saturated rings. The van der Waals surface area contributed by atoms with Crippen LogP contribution >= 0.6 is 0 Å². The third-order valence-electron chi connectivity index (χ3n) is 9.04. The van der Waals surface area contributed by atoms with Gasteiger partial charge in [0, 0.05) is 6.04 Å². The molecule has 0 radical (unpaired) electrons. The molecule has 6 rings (SSSR count). The highest BCUT2D eigenvalue weighted by Crippen LogP contribution is 2.60.